The predicted molar refractivity (Wildman–Crippen MR) is 67.9 cm³/mol. The maximum absolute atomic E-state index is 9.19. The van der Waals surface area contributed by atoms with Gasteiger partial charge in [-0.25, -0.2) is 0 Å². The normalized spacial score (nSPS) is 18.8. The van der Waals surface area contributed by atoms with E-state index < -0.39 is 0 Å². The fourth-order valence-corrected chi connectivity index (χ4v) is 2.33. The molecule has 0 aromatic carbocycles. The van der Waals surface area contributed by atoms with E-state index in [1.165, 1.54) is 32.1 Å². The Kier molecular flexibility index (Phi) is 3.97. The first-order valence-electron chi connectivity index (χ1n) is 6.18. The Morgan fingerprint density at radius 1 is 1.41 bits per heavy atom. The average Bonchev–Trinajstić information content (AvgIpc) is 2.33. The molecule has 0 amide bonds. The molecule has 2 rings (SSSR count). The molecule has 1 aliphatic rings. The van der Waals surface area contributed by atoms with Crippen LogP contribution < -0.4 is 0 Å². The highest BCUT2D eigenvalue weighted by Crippen LogP contribution is 2.16. The molecule has 1 saturated heterocycles. The Bertz CT molecular complexity index is 344. The minimum atomic E-state index is 0.232. The van der Waals surface area contributed by atoms with Crippen LogP contribution in [0.1, 0.15) is 18.5 Å². The first-order chi connectivity index (χ1) is 8.15. The maximum atomic E-state index is 9.19. The van der Waals surface area contributed by atoms with Crippen molar-refractivity contribution >= 4 is 0 Å². The number of rotatable bonds is 3. The molecule has 0 saturated carbocycles. The molecule has 1 aromatic rings. The summed E-state index contributed by atoms with van der Waals surface area (Å²) in [6, 6.07) is 4.24. The maximum Gasteiger partial charge on any atom is 0.133 e. The summed E-state index contributed by atoms with van der Waals surface area (Å²) in [6.45, 7) is 3.21. The molecule has 0 spiro atoms. The molecule has 1 aliphatic heterocycles. The van der Waals surface area contributed by atoms with Gasteiger partial charge in [-0.05, 0) is 52.2 Å². The van der Waals surface area contributed by atoms with Gasteiger partial charge in [0.2, 0.25) is 0 Å². The summed E-state index contributed by atoms with van der Waals surface area (Å²) < 4.78 is 0. The molecule has 0 unspecified atom stereocenters. The van der Waals surface area contributed by atoms with Crippen LogP contribution in [-0.2, 0) is 6.54 Å². The molecule has 1 fully saturated rings. The molecular weight excluding hydrogens is 214 g/mol. The molecule has 0 atom stereocenters. The lowest BCUT2D eigenvalue weighted by Crippen LogP contribution is -2.41. The second-order valence-electron chi connectivity index (χ2n) is 4.96. The van der Waals surface area contributed by atoms with Crippen molar-refractivity contribution in [3.63, 3.8) is 0 Å². The minimum absolute atomic E-state index is 0.232. The summed E-state index contributed by atoms with van der Waals surface area (Å²) in [5.74, 6) is 0.232. The van der Waals surface area contributed by atoms with Gasteiger partial charge in [-0.2, -0.15) is 0 Å². The molecule has 0 radical (unpaired) electrons. The van der Waals surface area contributed by atoms with E-state index in [0.29, 0.717) is 6.04 Å². The highest BCUT2D eigenvalue weighted by Gasteiger charge is 2.20. The zero-order valence-corrected chi connectivity index (χ0v) is 10.6. The van der Waals surface area contributed by atoms with Crippen molar-refractivity contribution in [1.82, 2.24) is 14.8 Å². The molecule has 2 heterocycles. The van der Waals surface area contributed by atoms with Gasteiger partial charge in [0.25, 0.3) is 0 Å². The monoisotopic (exact) mass is 235 g/mol. The van der Waals surface area contributed by atoms with Crippen LogP contribution in [0.5, 0.6) is 5.75 Å². The van der Waals surface area contributed by atoms with E-state index in [2.05, 4.69) is 28.9 Å². The van der Waals surface area contributed by atoms with Gasteiger partial charge in [-0.15, -0.1) is 0 Å². The Hall–Kier alpha value is -1.13. The van der Waals surface area contributed by atoms with E-state index >= 15 is 0 Å². The predicted octanol–water partition coefficient (Wildman–Crippen LogP) is 1.31. The van der Waals surface area contributed by atoms with Crippen LogP contribution in [0.15, 0.2) is 18.3 Å². The highest BCUT2D eigenvalue weighted by atomic mass is 16.3. The molecule has 94 valence electrons. The fourth-order valence-electron chi connectivity index (χ4n) is 2.33. The molecule has 0 bridgehead atoms. The van der Waals surface area contributed by atoms with Crippen molar-refractivity contribution < 1.29 is 5.11 Å². The number of aromatic hydroxyl groups is 1. The zero-order chi connectivity index (χ0) is 12.3. The fraction of sp³-hybridized carbons (Fsp3) is 0.615. The van der Waals surface area contributed by atoms with Gasteiger partial charge >= 0.3 is 0 Å². The summed E-state index contributed by atoms with van der Waals surface area (Å²) in [5.41, 5.74) is 1.02. The highest BCUT2D eigenvalue weighted by molar-refractivity contribution is 5.17. The molecular formula is C13H21N3O. The zero-order valence-electron chi connectivity index (χ0n) is 10.6. The van der Waals surface area contributed by atoms with Crippen LogP contribution >= 0.6 is 0 Å². The number of aromatic nitrogens is 1. The Labute approximate surface area is 103 Å². The van der Waals surface area contributed by atoms with Gasteiger partial charge in [0.1, 0.15) is 5.75 Å². The topological polar surface area (TPSA) is 39.6 Å². The Balaban J connectivity index is 1.88. The summed E-state index contributed by atoms with van der Waals surface area (Å²) >= 11 is 0. The first-order valence-corrected chi connectivity index (χ1v) is 6.18. The Morgan fingerprint density at radius 3 is 2.71 bits per heavy atom. The van der Waals surface area contributed by atoms with Gasteiger partial charge in [0, 0.05) is 12.6 Å². The average molecular weight is 235 g/mol. The summed E-state index contributed by atoms with van der Waals surface area (Å²) in [4.78, 5) is 8.97. The van der Waals surface area contributed by atoms with E-state index in [0.717, 1.165) is 12.2 Å². The third-order valence-corrected chi connectivity index (χ3v) is 3.53. The van der Waals surface area contributed by atoms with E-state index in [1.54, 1.807) is 6.07 Å². The lowest BCUT2D eigenvalue weighted by molar-refractivity contribution is 0.138. The lowest BCUT2D eigenvalue weighted by Gasteiger charge is -2.34. The van der Waals surface area contributed by atoms with Crippen molar-refractivity contribution in [2.75, 3.05) is 27.2 Å². The minimum Gasteiger partial charge on any atom is -0.506 e. The van der Waals surface area contributed by atoms with Crippen LogP contribution in [0.2, 0.25) is 0 Å². The van der Waals surface area contributed by atoms with Gasteiger partial charge in [-0.3, -0.25) is 9.88 Å². The second-order valence-corrected chi connectivity index (χ2v) is 4.96. The summed E-state index contributed by atoms with van der Waals surface area (Å²) in [7, 11) is 4.34. The number of hydrogen-bond donors (Lipinski definition) is 1. The van der Waals surface area contributed by atoms with Gasteiger partial charge in [0.05, 0.1) is 11.9 Å². The SMILES string of the molecule is CN1CCC(N(C)Cc2ccc(O)cn2)CC1. The van der Waals surface area contributed by atoms with Crippen molar-refractivity contribution in [2.45, 2.75) is 25.4 Å². The van der Waals surface area contributed by atoms with E-state index in [9.17, 15) is 5.11 Å². The molecule has 4 heteroatoms. The first kappa shape index (κ1) is 12.3. The van der Waals surface area contributed by atoms with Crippen molar-refractivity contribution in [1.29, 1.82) is 0 Å². The van der Waals surface area contributed by atoms with Crippen molar-refractivity contribution in [3.8, 4) is 5.75 Å². The van der Waals surface area contributed by atoms with Crippen LogP contribution in [0.3, 0.4) is 0 Å². The number of pyridine rings is 1. The quantitative estimate of drug-likeness (QED) is 0.857. The van der Waals surface area contributed by atoms with E-state index in [-0.39, 0.29) is 5.75 Å². The van der Waals surface area contributed by atoms with Gasteiger partial charge < -0.3 is 10.0 Å². The summed E-state index contributed by atoms with van der Waals surface area (Å²) in [5, 5.41) is 9.19. The largest absolute Gasteiger partial charge is 0.506 e. The standard InChI is InChI=1S/C13H21N3O/c1-15-7-5-12(6-8-15)16(2)10-11-3-4-13(17)9-14-11/h3-4,9,12,17H,5-8,10H2,1-2H3. The lowest BCUT2D eigenvalue weighted by atomic mass is 10.0. The van der Waals surface area contributed by atoms with Crippen molar-refractivity contribution in [2.24, 2.45) is 0 Å². The number of likely N-dealkylation sites (tertiary alicyclic amines) is 1. The smallest absolute Gasteiger partial charge is 0.133 e. The third kappa shape index (κ3) is 3.41. The van der Waals surface area contributed by atoms with Crippen molar-refractivity contribution in [3.05, 3.63) is 24.0 Å². The van der Waals surface area contributed by atoms with Crippen LogP contribution in [0, 0.1) is 0 Å². The number of hydrogen-bond acceptors (Lipinski definition) is 4. The number of piperidine rings is 1. The van der Waals surface area contributed by atoms with Crippen LogP contribution in [-0.4, -0.2) is 53.1 Å². The molecule has 1 aromatic heterocycles. The number of nitrogens with zero attached hydrogens (tertiary/aromatic N) is 3. The molecule has 0 aliphatic carbocycles. The Morgan fingerprint density at radius 2 is 2.12 bits per heavy atom. The van der Waals surface area contributed by atoms with Crippen LogP contribution in [0.4, 0.5) is 0 Å². The molecule has 4 nitrogen and oxygen atoms in total. The second kappa shape index (κ2) is 5.47. The summed E-state index contributed by atoms with van der Waals surface area (Å²) in [6.07, 6.45) is 3.97. The third-order valence-electron chi connectivity index (χ3n) is 3.53. The van der Waals surface area contributed by atoms with E-state index in [1.807, 2.05) is 6.07 Å². The van der Waals surface area contributed by atoms with Gasteiger partial charge in [-0.1, -0.05) is 0 Å². The van der Waals surface area contributed by atoms with E-state index in [4.69, 9.17) is 0 Å². The molecule has 1 N–H and O–H groups in total. The van der Waals surface area contributed by atoms with Gasteiger partial charge in [0.15, 0.2) is 0 Å². The molecule has 17 heavy (non-hydrogen) atoms. The van der Waals surface area contributed by atoms with Crippen LogP contribution in [0.25, 0.3) is 0 Å².